The molecule has 0 unspecified atom stereocenters. The number of hydrogen-bond donors (Lipinski definition) is 0. The second-order valence-electron chi connectivity index (χ2n) is 16.7. The van der Waals surface area contributed by atoms with Gasteiger partial charge in [-0.15, -0.1) is 0 Å². The average Bonchev–Trinajstić information content (AvgIpc) is 3.22. The molecule has 0 N–H and O–H groups in total. The van der Waals surface area contributed by atoms with E-state index in [1.807, 2.05) is 0 Å². The Morgan fingerprint density at radius 2 is 0.621 bits per heavy atom. The van der Waals surface area contributed by atoms with E-state index in [9.17, 15) is 14.4 Å². The molecule has 1 atom stereocenters. The first kappa shape index (κ1) is 55.6. The Morgan fingerprint density at radius 3 is 1.00 bits per heavy atom. The molecule has 0 spiro atoms. The fraction of sp³-hybridized carbons (Fsp3) is 0.827. The minimum atomic E-state index is -0.785. The molecule has 0 saturated carbocycles. The third kappa shape index (κ3) is 44.7. The zero-order valence-electron chi connectivity index (χ0n) is 38.6. The summed E-state index contributed by atoms with van der Waals surface area (Å²) in [7, 11) is 0. The van der Waals surface area contributed by atoms with Crippen molar-refractivity contribution in [3.05, 3.63) is 36.5 Å². The van der Waals surface area contributed by atoms with Gasteiger partial charge < -0.3 is 14.2 Å². The van der Waals surface area contributed by atoms with Crippen LogP contribution in [0.4, 0.5) is 0 Å². The first-order valence-corrected chi connectivity index (χ1v) is 25.0. The lowest BCUT2D eigenvalue weighted by Gasteiger charge is -2.18. The van der Waals surface area contributed by atoms with E-state index in [1.165, 1.54) is 148 Å². The van der Waals surface area contributed by atoms with Crippen LogP contribution in [-0.4, -0.2) is 37.2 Å². The summed E-state index contributed by atoms with van der Waals surface area (Å²) in [6.45, 7) is 6.59. The summed E-state index contributed by atoms with van der Waals surface area (Å²) in [5, 5.41) is 0. The van der Waals surface area contributed by atoms with E-state index >= 15 is 0 Å². The molecule has 6 heteroatoms. The quantitative estimate of drug-likeness (QED) is 0.0264. The maximum Gasteiger partial charge on any atom is 0.306 e. The standard InChI is InChI=1S/C52H94O6/c1-4-7-10-13-16-19-22-25-26-28-31-34-37-40-43-46-52(55)58-49(47-56-50(53)44-41-38-35-32-29-24-21-18-15-12-9-6-3)48-57-51(54)45-42-39-36-33-30-27-23-20-17-14-11-8-5-2/h16,19,25-26,31,34,49H,4-15,17-18,20-24,27-30,32-33,35-48H2,1-3H3/b19-16-,26-25-,34-31-/t49-/m0/s1. The Labute approximate surface area is 359 Å². The Morgan fingerprint density at radius 1 is 0.345 bits per heavy atom. The van der Waals surface area contributed by atoms with Crippen molar-refractivity contribution in [1.82, 2.24) is 0 Å². The minimum absolute atomic E-state index is 0.0835. The van der Waals surface area contributed by atoms with E-state index in [0.717, 1.165) is 64.2 Å². The summed E-state index contributed by atoms with van der Waals surface area (Å²) in [4.78, 5) is 37.9. The highest BCUT2D eigenvalue weighted by molar-refractivity contribution is 5.71. The van der Waals surface area contributed by atoms with Gasteiger partial charge in [0.2, 0.25) is 0 Å². The van der Waals surface area contributed by atoms with Crippen molar-refractivity contribution in [3.8, 4) is 0 Å². The maximum atomic E-state index is 12.7. The monoisotopic (exact) mass is 815 g/mol. The first-order chi connectivity index (χ1) is 28.5. The van der Waals surface area contributed by atoms with Gasteiger partial charge in [0.15, 0.2) is 6.10 Å². The molecule has 0 aliphatic heterocycles. The minimum Gasteiger partial charge on any atom is -0.462 e. The predicted octanol–water partition coefficient (Wildman–Crippen LogP) is 16.1. The Hall–Kier alpha value is -2.37. The lowest BCUT2D eigenvalue weighted by atomic mass is 10.0. The SMILES string of the molecule is CCCCC/C=C\C/C=C\C/C=C\CCCCC(=O)O[C@@H](COC(=O)CCCCCCCCCCCCCC)COC(=O)CCCCCCCCCCCCCCC. The molecule has 0 aromatic carbocycles. The number of hydrogen-bond acceptors (Lipinski definition) is 6. The van der Waals surface area contributed by atoms with Crippen molar-refractivity contribution in [2.75, 3.05) is 13.2 Å². The number of esters is 3. The van der Waals surface area contributed by atoms with E-state index in [2.05, 4.69) is 57.2 Å². The zero-order valence-corrected chi connectivity index (χ0v) is 38.6. The van der Waals surface area contributed by atoms with E-state index < -0.39 is 6.10 Å². The highest BCUT2D eigenvalue weighted by Gasteiger charge is 2.19. The second kappa shape index (κ2) is 47.3. The van der Waals surface area contributed by atoms with Crippen LogP contribution in [0.3, 0.4) is 0 Å². The van der Waals surface area contributed by atoms with Gasteiger partial charge in [-0.05, 0) is 57.8 Å². The van der Waals surface area contributed by atoms with E-state index in [0.29, 0.717) is 19.3 Å². The summed E-state index contributed by atoms with van der Waals surface area (Å²) in [5.74, 6) is -0.913. The molecule has 0 amide bonds. The van der Waals surface area contributed by atoms with E-state index in [1.54, 1.807) is 0 Å². The van der Waals surface area contributed by atoms with Gasteiger partial charge in [-0.3, -0.25) is 14.4 Å². The normalized spacial score (nSPS) is 12.3. The van der Waals surface area contributed by atoms with Crippen LogP contribution < -0.4 is 0 Å². The summed E-state index contributed by atoms with van der Waals surface area (Å²) in [6.07, 6.45) is 54.1. The number of allylic oxidation sites excluding steroid dienone is 6. The third-order valence-electron chi connectivity index (χ3n) is 10.9. The summed E-state index contributed by atoms with van der Waals surface area (Å²) >= 11 is 0. The lowest BCUT2D eigenvalue weighted by molar-refractivity contribution is -0.167. The summed E-state index contributed by atoms with van der Waals surface area (Å²) in [6, 6.07) is 0. The highest BCUT2D eigenvalue weighted by Crippen LogP contribution is 2.15. The molecule has 0 bridgehead atoms. The molecule has 338 valence electrons. The van der Waals surface area contributed by atoms with E-state index in [-0.39, 0.29) is 37.5 Å². The Balaban J connectivity index is 4.42. The van der Waals surface area contributed by atoms with Crippen molar-refractivity contribution in [2.45, 2.75) is 264 Å². The van der Waals surface area contributed by atoms with Crippen LogP contribution in [0, 0.1) is 0 Å². The van der Waals surface area contributed by atoms with Gasteiger partial charge in [0, 0.05) is 19.3 Å². The lowest BCUT2D eigenvalue weighted by Crippen LogP contribution is -2.30. The molecule has 0 heterocycles. The van der Waals surface area contributed by atoms with E-state index in [4.69, 9.17) is 14.2 Å². The molecule has 58 heavy (non-hydrogen) atoms. The molecule has 0 aromatic heterocycles. The van der Waals surface area contributed by atoms with Crippen molar-refractivity contribution < 1.29 is 28.6 Å². The van der Waals surface area contributed by atoms with Gasteiger partial charge in [0.25, 0.3) is 0 Å². The fourth-order valence-electron chi connectivity index (χ4n) is 7.10. The van der Waals surface area contributed by atoms with Crippen LogP contribution in [0.2, 0.25) is 0 Å². The van der Waals surface area contributed by atoms with Crippen LogP contribution in [-0.2, 0) is 28.6 Å². The van der Waals surface area contributed by atoms with Crippen LogP contribution in [0.5, 0.6) is 0 Å². The molecule has 0 fully saturated rings. The van der Waals surface area contributed by atoms with Crippen molar-refractivity contribution >= 4 is 17.9 Å². The number of rotatable bonds is 45. The zero-order chi connectivity index (χ0) is 42.3. The number of unbranched alkanes of at least 4 members (excludes halogenated alkanes) is 28. The average molecular weight is 815 g/mol. The molecule has 0 aliphatic carbocycles. The number of carbonyl (C=O) groups excluding carboxylic acids is 3. The number of ether oxygens (including phenoxy) is 3. The molecular weight excluding hydrogens is 721 g/mol. The molecule has 0 rings (SSSR count). The van der Waals surface area contributed by atoms with Gasteiger partial charge >= 0.3 is 17.9 Å². The Bertz CT molecular complexity index is 984. The largest absolute Gasteiger partial charge is 0.462 e. The molecule has 0 saturated heterocycles. The van der Waals surface area contributed by atoms with Crippen molar-refractivity contribution in [3.63, 3.8) is 0 Å². The molecule has 0 aliphatic rings. The van der Waals surface area contributed by atoms with Gasteiger partial charge in [-0.2, -0.15) is 0 Å². The maximum absolute atomic E-state index is 12.7. The smallest absolute Gasteiger partial charge is 0.306 e. The van der Waals surface area contributed by atoms with Crippen LogP contribution in [0.25, 0.3) is 0 Å². The fourth-order valence-corrected chi connectivity index (χ4v) is 7.10. The van der Waals surface area contributed by atoms with Gasteiger partial charge in [-0.25, -0.2) is 0 Å². The van der Waals surface area contributed by atoms with Crippen molar-refractivity contribution in [2.24, 2.45) is 0 Å². The topological polar surface area (TPSA) is 78.9 Å². The van der Waals surface area contributed by atoms with Gasteiger partial charge in [-0.1, -0.05) is 218 Å². The van der Waals surface area contributed by atoms with Crippen LogP contribution >= 0.6 is 0 Å². The molecule has 0 aromatic rings. The predicted molar refractivity (Wildman–Crippen MR) is 247 cm³/mol. The Kier molecular flexibility index (Phi) is 45.4. The summed E-state index contributed by atoms with van der Waals surface area (Å²) < 4.78 is 16.7. The van der Waals surface area contributed by atoms with Gasteiger partial charge in [0.05, 0.1) is 0 Å². The third-order valence-corrected chi connectivity index (χ3v) is 10.9. The van der Waals surface area contributed by atoms with Crippen LogP contribution in [0.1, 0.15) is 258 Å². The molecule has 0 radical (unpaired) electrons. The first-order valence-electron chi connectivity index (χ1n) is 25.0. The molecule has 6 nitrogen and oxygen atoms in total. The molecular formula is C52H94O6. The second-order valence-corrected chi connectivity index (χ2v) is 16.7. The van der Waals surface area contributed by atoms with Gasteiger partial charge in [0.1, 0.15) is 13.2 Å². The summed E-state index contributed by atoms with van der Waals surface area (Å²) in [5.41, 5.74) is 0. The number of carbonyl (C=O) groups is 3. The highest BCUT2D eigenvalue weighted by atomic mass is 16.6. The van der Waals surface area contributed by atoms with Crippen LogP contribution in [0.15, 0.2) is 36.5 Å². The van der Waals surface area contributed by atoms with Crippen molar-refractivity contribution in [1.29, 1.82) is 0 Å².